The van der Waals surface area contributed by atoms with E-state index in [1.165, 1.54) is 6.08 Å². The van der Waals surface area contributed by atoms with Crippen LogP contribution in [-0.4, -0.2) is 36.9 Å². The summed E-state index contributed by atoms with van der Waals surface area (Å²) >= 11 is 0. The molecule has 5 nitrogen and oxygen atoms in total. The lowest BCUT2D eigenvalue weighted by atomic mass is 10.6. The fourth-order valence-electron chi connectivity index (χ4n) is 0.778. The number of carbonyl (C=O) groups is 1. The van der Waals surface area contributed by atoms with Gasteiger partial charge in [-0.3, -0.25) is 4.79 Å². The zero-order valence-electron chi connectivity index (χ0n) is 5.60. The summed E-state index contributed by atoms with van der Waals surface area (Å²) in [6.45, 7) is -0.302. The van der Waals surface area contributed by atoms with Gasteiger partial charge in [-0.2, -0.15) is 4.31 Å². The molecule has 0 bridgehead atoms. The fourth-order valence-corrected chi connectivity index (χ4v) is 1.86. The summed E-state index contributed by atoms with van der Waals surface area (Å²) in [7, 11) is -3.41. The van der Waals surface area contributed by atoms with Crippen molar-refractivity contribution in [3.05, 3.63) is 11.5 Å². The number of rotatable bonds is 2. The molecule has 0 aromatic carbocycles. The van der Waals surface area contributed by atoms with Crippen LogP contribution < -0.4 is 0 Å². The first-order chi connectivity index (χ1) is 5.02. The highest BCUT2D eigenvalue weighted by Crippen LogP contribution is 2.09. The highest BCUT2D eigenvalue weighted by atomic mass is 32.2. The number of hydrogen-bond donors (Lipinski definition) is 1. The molecular weight excluding hydrogens is 170 g/mol. The summed E-state index contributed by atoms with van der Waals surface area (Å²) in [6.07, 6.45) is 1.41. The summed E-state index contributed by atoms with van der Waals surface area (Å²) in [4.78, 5) is 10.1. The largest absolute Gasteiger partial charge is 0.480 e. The highest BCUT2D eigenvalue weighted by Gasteiger charge is 2.24. The van der Waals surface area contributed by atoms with Crippen LogP contribution in [0.15, 0.2) is 11.5 Å². The summed E-state index contributed by atoms with van der Waals surface area (Å²) in [6, 6.07) is 0. The average molecular weight is 177 g/mol. The maximum atomic E-state index is 10.9. The molecule has 62 valence electrons. The SMILES string of the molecule is O=C(O)CN1CC=CS1(=O)=O. The van der Waals surface area contributed by atoms with Gasteiger partial charge in [0, 0.05) is 12.0 Å². The minimum absolute atomic E-state index is 0.161. The molecule has 1 heterocycles. The Hall–Kier alpha value is -0.880. The van der Waals surface area contributed by atoms with Crippen molar-refractivity contribution < 1.29 is 18.3 Å². The molecule has 0 saturated heterocycles. The van der Waals surface area contributed by atoms with Gasteiger partial charge in [-0.05, 0) is 0 Å². The molecule has 6 heteroatoms. The lowest BCUT2D eigenvalue weighted by Crippen LogP contribution is -2.30. The highest BCUT2D eigenvalue weighted by molar-refractivity contribution is 7.92. The third kappa shape index (κ3) is 1.78. The zero-order valence-corrected chi connectivity index (χ0v) is 6.41. The van der Waals surface area contributed by atoms with Crippen molar-refractivity contribution in [3.63, 3.8) is 0 Å². The van der Waals surface area contributed by atoms with E-state index in [0.29, 0.717) is 0 Å². The first kappa shape index (κ1) is 8.22. The topological polar surface area (TPSA) is 74.7 Å². The molecule has 11 heavy (non-hydrogen) atoms. The molecule has 0 aromatic heterocycles. The van der Waals surface area contributed by atoms with Crippen LogP contribution in [0.1, 0.15) is 0 Å². The van der Waals surface area contributed by atoms with Gasteiger partial charge >= 0.3 is 5.97 Å². The van der Waals surface area contributed by atoms with Crippen molar-refractivity contribution in [2.75, 3.05) is 13.1 Å². The quantitative estimate of drug-likeness (QED) is 0.601. The molecule has 0 aromatic rings. The third-order valence-corrected chi connectivity index (χ3v) is 2.78. The number of carboxylic acid groups (broad SMARTS) is 1. The molecule has 0 radical (unpaired) electrons. The van der Waals surface area contributed by atoms with E-state index >= 15 is 0 Å². The maximum absolute atomic E-state index is 10.9. The Labute approximate surface area is 64.0 Å². The summed E-state index contributed by atoms with van der Waals surface area (Å²) in [5.74, 6) is -1.14. The molecule has 0 amide bonds. The maximum Gasteiger partial charge on any atom is 0.318 e. The fraction of sp³-hybridized carbons (Fsp3) is 0.400. The van der Waals surface area contributed by atoms with Crippen molar-refractivity contribution in [2.45, 2.75) is 0 Å². The van der Waals surface area contributed by atoms with Crippen LogP contribution >= 0.6 is 0 Å². The molecule has 0 unspecified atom stereocenters. The van der Waals surface area contributed by atoms with Crippen LogP contribution in [-0.2, 0) is 14.8 Å². The van der Waals surface area contributed by atoms with E-state index < -0.39 is 22.5 Å². The Morgan fingerprint density at radius 1 is 1.64 bits per heavy atom. The van der Waals surface area contributed by atoms with E-state index in [-0.39, 0.29) is 6.54 Å². The number of sulfonamides is 1. The van der Waals surface area contributed by atoms with Crippen LogP contribution in [0, 0.1) is 0 Å². The van der Waals surface area contributed by atoms with Crippen molar-refractivity contribution in [2.24, 2.45) is 0 Å². The summed E-state index contributed by atoms with van der Waals surface area (Å²) < 4.78 is 22.6. The number of nitrogens with zero attached hydrogens (tertiary/aromatic N) is 1. The second-order valence-corrected chi connectivity index (χ2v) is 3.92. The van der Waals surface area contributed by atoms with Gasteiger partial charge < -0.3 is 5.11 Å². The zero-order chi connectivity index (χ0) is 8.48. The molecule has 0 fully saturated rings. The summed E-state index contributed by atoms with van der Waals surface area (Å²) in [5, 5.41) is 9.28. The predicted molar refractivity (Wildman–Crippen MR) is 37.3 cm³/mol. The number of carboxylic acids is 1. The molecule has 1 aliphatic rings. The Morgan fingerprint density at radius 2 is 2.27 bits per heavy atom. The van der Waals surface area contributed by atoms with Crippen LogP contribution in [0.5, 0.6) is 0 Å². The monoisotopic (exact) mass is 177 g/mol. The average Bonchev–Trinajstić information content (AvgIpc) is 2.10. The molecule has 0 atom stereocenters. The first-order valence-corrected chi connectivity index (χ1v) is 4.41. The van der Waals surface area contributed by atoms with Gasteiger partial charge in [-0.1, -0.05) is 6.08 Å². The molecule has 1 aliphatic heterocycles. The van der Waals surface area contributed by atoms with E-state index in [1.807, 2.05) is 0 Å². The van der Waals surface area contributed by atoms with Crippen molar-refractivity contribution >= 4 is 16.0 Å². The third-order valence-electron chi connectivity index (χ3n) is 1.25. The molecule has 0 saturated carbocycles. The molecule has 1 rings (SSSR count). The van der Waals surface area contributed by atoms with E-state index in [2.05, 4.69) is 0 Å². The van der Waals surface area contributed by atoms with E-state index in [0.717, 1.165) is 9.71 Å². The van der Waals surface area contributed by atoms with Gasteiger partial charge in [0.2, 0.25) is 10.0 Å². The van der Waals surface area contributed by atoms with Gasteiger partial charge in [0.25, 0.3) is 0 Å². The van der Waals surface area contributed by atoms with E-state index in [4.69, 9.17) is 5.11 Å². The van der Waals surface area contributed by atoms with Gasteiger partial charge in [-0.15, -0.1) is 0 Å². The van der Waals surface area contributed by atoms with E-state index in [1.54, 1.807) is 0 Å². The van der Waals surface area contributed by atoms with Gasteiger partial charge in [-0.25, -0.2) is 8.42 Å². The van der Waals surface area contributed by atoms with Crippen LogP contribution in [0.2, 0.25) is 0 Å². The second kappa shape index (κ2) is 2.63. The van der Waals surface area contributed by atoms with Crippen molar-refractivity contribution in [1.29, 1.82) is 0 Å². The van der Waals surface area contributed by atoms with Crippen LogP contribution in [0.4, 0.5) is 0 Å². The van der Waals surface area contributed by atoms with Gasteiger partial charge in [0.1, 0.15) is 6.54 Å². The number of aliphatic carboxylic acids is 1. The Morgan fingerprint density at radius 3 is 2.64 bits per heavy atom. The molecular formula is C5H7NO4S. The molecule has 1 N–H and O–H groups in total. The molecule has 0 spiro atoms. The van der Waals surface area contributed by atoms with Crippen LogP contribution in [0.3, 0.4) is 0 Å². The lowest BCUT2D eigenvalue weighted by Gasteiger charge is -2.09. The minimum atomic E-state index is -3.41. The Kier molecular flexibility index (Phi) is 1.97. The smallest absolute Gasteiger partial charge is 0.318 e. The standard InChI is InChI=1S/C5H7NO4S/c7-5(8)4-6-2-1-3-11(6,9)10/h1,3H,2,4H2,(H,7,8). The molecule has 0 aliphatic carbocycles. The second-order valence-electron chi connectivity index (χ2n) is 2.10. The normalized spacial score (nSPS) is 22.2. The van der Waals surface area contributed by atoms with Crippen molar-refractivity contribution in [3.8, 4) is 0 Å². The lowest BCUT2D eigenvalue weighted by molar-refractivity contribution is -0.137. The summed E-state index contributed by atoms with van der Waals surface area (Å²) in [5.41, 5.74) is 0. The number of hydrogen-bond acceptors (Lipinski definition) is 3. The first-order valence-electron chi connectivity index (χ1n) is 2.91. The van der Waals surface area contributed by atoms with Gasteiger partial charge in [0.15, 0.2) is 0 Å². The Balaban J connectivity index is 2.71. The predicted octanol–water partition coefficient (Wildman–Crippen LogP) is -0.770. The Bertz CT molecular complexity index is 292. The van der Waals surface area contributed by atoms with Crippen LogP contribution in [0.25, 0.3) is 0 Å². The minimum Gasteiger partial charge on any atom is -0.480 e. The van der Waals surface area contributed by atoms with Gasteiger partial charge in [0.05, 0.1) is 0 Å². The van der Waals surface area contributed by atoms with E-state index in [9.17, 15) is 13.2 Å². The van der Waals surface area contributed by atoms with Crippen molar-refractivity contribution in [1.82, 2.24) is 4.31 Å².